The van der Waals surface area contributed by atoms with Crippen LogP contribution in [0.3, 0.4) is 0 Å². The highest BCUT2D eigenvalue weighted by molar-refractivity contribution is 7.16. The number of thiophene rings is 1. The maximum atomic E-state index is 4.72. The molecular formula is C19H22N6S. The molecule has 7 heteroatoms. The molecule has 2 N–H and O–H groups in total. The highest BCUT2D eigenvalue weighted by Gasteiger charge is 2.24. The lowest BCUT2D eigenvalue weighted by molar-refractivity contribution is 0.465. The first-order chi connectivity index (χ1) is 12.7. The lowest BCUT2D eigenvalue weighted by Crippen LogP contribution is -2.26. The summed E-state index contributed by atoms with van der Waals surface area (Å²) < 4.78 is 1.86. The van der Waals surface area contributed by atoms with Gasteiger partial charge in [-0.05, 0) is 63.4 Å². The number of anilines is 1. The first-order valence-corrected chi connectivity index (χ1v) is 9.97. The van der Waals surface area contributed by atoms with E-state index in [1.165, 1.54) is 28.3 Å². The molecule has 3 aromatic rings. The van der Waals surface area contributed by atoms with E-state index in [0.717, 1.165) is 35.7 Å². The smallest absolute Gasteiger partial charge is 0.164 e. The Morgan fingerprint density at radius 1 is 1.19 bits per heavy atom. The summed E-state index contributed by atoms with van der Waals surface area (Å²) in [6.45, 7) is 6.30. The third-order valence-electron chi connectivity index (χ3n) is 5.18. The van der Waals surface area contributed by atoms with E-state index in [2.05, 4.69) is 34.7 Å². The van der Waals surface area contributed by atoms with E-state index in [-0.39, 0.29) is 6.17 Å². The van der Waals surface area contributed by atoms with Crippen LogP contribution < -0.4 is 10.6 Å². The monoisotopic (exact) mass is 366 g/mol. The van der Waals surface area contributed by atoms with Crippen molar-refractivity contribution in [3.8, 4) is 0 Å². The summed E-state index contributed by atoms with van der Waals surface area (Å²) in [5.74, 6) is 0.672. The second kappa shape index (κ2) is 6.17. The minimum Gasteiger partial charge on any atom is -0.350 e. The Bertz CT molecular complexity index is 995. The van der Waals surface area contributed by atoms with Crippen LogP contribution in [-0.4, -0.2) is 33.9 Å². The van der Waals surface area contributed by atoms with E-state index in [1.54, 1.807) is 0 Å². The Morgan fingerprint density at radius 2 is 2.04 bits per heavy atom. The summed E-state index contributed by atoms with van der Waals surface area (Å²) in [5.41, 5.74) is 5.13. The molecule has 0 radical (unpaired) electrons. The van der Waals surface area contributed by atoms with E-state index in [9.17, 15) is 0 Å². The van der Waals surface area contributed by atoms with Gasteiger partial charge >= 0.3 is 0 Å². The average molecular weight is 366 g/mol. The summed E-state index contributed by atoms with van der Waals surface area (Å²) in [7, 11) is 0. The third kappa shape index (κ3) is 2.71. The Labute approximate surface area is 156 Å². The van der Waals surface area contributed by atoms with Gasteiger partial charge in [0.05, 0.1) is 16.9 Å². The van der Waals surface area contributed by atoms with Gasteiger partial charge in [0.1, 0.15) is 5.69 Å². The number of rotatable bonds is 2. The average Bonchev–Trinajstić information content (AvgIpc) is 3.24. The molecule has 1 fully saturated rings. The van der Waals surface area contributed by atoms with E-state index < -0.39 is 0 Å². The zero-order chi connectivity index (χ0) is 17.7. The maximum Gasteiger partial charge on any atom is 0.164 e. The van der Waals surface area contributed by atoms with E-state index in [4.69, 9.17) is 10.1 Å². The number of piperidine rings is 1. The molecule has 1 unspecified atom stereocenters. The molecule has 0 amide bonds. The van der Waals surface area contributed by atoms with Gasteiger partial charge in [0.25, 0.3) is 0 Å². The zero-order valence-electron chi connectivity index (χ0n) is 15.0. The van der Waals surface area contributed by atoms with Crippen molar-refractivity contribution in [3.05, 3.63) is 45.7 Å². The molecule has 26 heavy (non-hydrogen) atoms. The van der Waals surface area contributed by atoms with Gasteiger partial charge in [-0.1, -0.05) is 0 Å². The largest absolute Gasteiger partial charge is 0.350 e. The lowest BCUT2D eigenvalue weighted by atomic mass is 9.96. The summed E-state index contributed by atoms with van der Waals surface area (Å²) in [4.78, 5) is 10.7. The fourth-order valence-corrected chi connectivity index (χ4v) is 5.04. The molecule has 5 rings (SSSR count). The molecule has 6 nitrogen and oxygen atoms in total. The highest BCUT2D eigenvalue weighted by Crippen LogP contribution is 2.39. The predicted molar refractivity (Wildman–Crippen MR) is 106 cm³/mol. The van der Waals surface area contributed by atoms with E-state index >= 15 is 0 Å². The van der Waals surface area contributed by atoms with E-state index in [0.29, 0.717) is 5.92 Å². The molecule has 1 saturated heterocycles. The standard InChI is InChI=1S/C19H22N6S/c1-11-7-15(24-25-10-12(2)22-18(11)25)17-21-9-14-8-16(26-19(14)23-17)13-3-5-20-6-4-13/h7-10,13,17,20,23H,3-6H2,1-2H3. The number of hydrogen-bond donors (Lipinski definition) is 2. The number of nitrogens with one attached hydrogen (secondary N) is 2. The molecule has 0 bridgehead atoms. The van der Waals surface area contributed by atoms with Crippen LogP contribution in [0.4, 0.5) is 5.00 Å². The van der Waals surface area contributed by atoms with Gasteiger partial charge in [-0.25, -0.2) is 9.50 Å². The van der Waals surface area contributed by atoms with Gasteiger partial charge in [-0.15, -0.1) is 11.3 Å². The topological polar surface area (TPSA) is 66.6 Å². The number of hydrogen-bond acceptors (Lipinski definition) is 6. The summed E-state index contributed by atoms with van der Waals surface area (Å²) >= 11 is 1.88. The molecule has 0 saturated carbocycles. The van der Waals surface area contributed by atoms with Crippen molar-refractivity contribution >= 4 is 28.2 Å². The summed E-state index contributed by atoms with van der Waals surface area (Å²) in [5, 5.41) is 13.0. The van der Waals surface area contributed by atoms with Gasteiger partial charge in [0.2, 0.25) is 0 Å². The molecular weight excluding hydrogens is 344 g/mol. The van der Waals surface area contributed by atoms with Crippen LogP contribution in [0.2, 0.25) is 0 Å². The molecule has 0 aliphatic carbocycles. The Morgan fingerprint density at radius 3 is 2.88 bits per heavy atom. The van der Waals surface area contributed by atoms with Gasteiger partial charge in [-0.2, -0.15) is 5.10 Å². The number of aryl methyl sites for hydroxylation is 2. The second-order valence-electron chi connectivity index (χ2n) is 7.19. The van der Waals surface area contributed by atoms with Gasteiger partial charge in [-0.3, -0.25) is 4.99 Å². The molecule has 134 valence electrons. The van der Waals surface area contributed by atoms with Crippen molar-refractivity contribution in [3.63, 3.8) is 0 Å². The fourth-order valence-electron chi connectivity index (χ4n) is 3.81. The summed E-state index contributed by atoms with van der Waals surface area (Å²) in [6.07, 6.45) is 6.25. The number of imidazole rings is 1. The van der Waals surface area contributed by atoms with Gasteiger partial charge in [0, 0.05) is 16.7 Å². The number of nitrogens with zero attached hydrogens (tertiary/aromatic N) is 4. The molecule has 2 aliphatic heterocycles. The number of aliphatic imine (C=N–C) groups is 1. The molecule has 0 spiro atoms. The van der Waals surface area contributed by atoms with Crippen LogP contribution in [0.5, 0.6) is 0 Å². The first-order valence-electron chi connectivity index (χ1n) is 9.15. The van der Waals surface area contributed by atoms with Crippen molar-refractivity contribution in [1.29, 1.82) is 0 Å². The quantitative estimate of drug-likeness (QED) is 0.729. The third-order valence-corrected chi connectivity index (χ3v) is 6.43. The Kier molecular flexibility index (Phi) is 3.79. The van der Waals surface area contributed by atoms with Crippen LogP contribution in [0.1, 0.15) is 52.3 Å². The number of aromatic nitrogens is 3. The second-order valence-corrected chi connectivity index (χ2v) is 8.27. The van der Waals surface area contributed by atoms with Gasteiger partial charge < -0.3 is 10.6 Å². The highest BCUT2D eigenvalue weighted by atomic mass is 32.1. The molecule has 1 atom stereocenters. The molecule has 5 heterocycles. The lowest BCUT2D eigenvalue weighted by Gasteiger charge is -2.21. The first kappa shape index (κ1) is 16.0. The van der Waals surface area contributed by atoms with Crippen LogP contribution in [0.15, 0.2) is 23.3 Å². The van der Waals surface area contributed by atoms with Crippen LogP contribution in [-0.2, 0) is 0 Å². The van der Waals surface area contributed by atoms with Crippen molar-refractivity contribution in [2.45, 2.75) is 38.8 Å². The molecule has 0 aromatic carbocycles. The maximum absolute atomic E-state index is 4.72. The van der Waals surface area contributed by atoms with Gasteiger partial charge in [0.15, 0.2) is 11.8 Å². The van der Waals surface area contributed by atoms with Crippen molar-refractivity contribution in [2.75, 3.05) is 18.4 Å². The van der Waals surface area contributed by atoms with Crippen LogP contribution in [0, 0.1) is 13.8 Å². The van der Waals surface area contributed by atoms with Crippen LogP contribution >= 0.6 is 11.3 Å². The predicted octanol–water partition coefficient (Wildman–Crippen LogP) is 3.42. The number of fused-ring (bicyclic) bond motifs is 2. The Balaban J connectivity index is 1.44. The SMILES string of the molecule is Cc1cn2nc(C3N=Cc4cc(C5CCNCC5)sc4N3)cc(C)c2n1. The van der Waals surface area contributed by atoms with Crippen molar-refractivity contribution in [2.24, 2.45) is 4.99 Å². The normalized spacial score (nSPS) is 20.3. The molecule has 2 aliphatic rings. The van der Waals surface area contributed by atoms with Crippen molar-refractivity contribution < 1.29 is 0 Å². The van der Waals surface area contributed by atoms with Crippen molar-refractivity contribution in [1.82, 2.24) is 19.9 Å². The molecule has 3 aromatic heterocycles. The minimum atomic E-state index is -0.146. The summed E-state index contributed by atoms with van der Waals surface area (Å²) in [6, 6.07) is 4.40. The zero-order valence-corrected chi connectivity index (χ0v) is 15.8. The fraction of sp³-hybridized carbons (Fsp3) is 0.421. The Hall–Kier alpha value is -2.25. The minimum absolute atomic E-state index is 0.146. The van der Waals surface area contributed by atoms with E-state index in [1.807, 2.05) is 35.2 Å². The van der Waals surface area contributed by atoms with Crippen LogP contribution in [0.25, 0.3) is 5.65 Å².